The van der Waals surface area contributed by atoms with Gasteiger partial charge in [-0.05, 0) is 30.5 Å². The molecule has 0 radical (unpaired) electrons. The van der Waals surface area contributed by atoms with Gasteiger partial charge in [0.25, 0.3) is 0 Å². The predicted molar refractivity (Wildman–Crippen MR) is 76.3 cm³/mol. The van der Waals surface area contributed by atoms with E-state index < -0.39 is 0 Å². The zero-order chi connectivity index (χ0) is 14.1. The van der Waals surface area contributed by atoms with Crippen molar-refractivity contribution in [1.82, 2.24) is 9.78 Å². The lowest BCUT2D eigenvalue weighted by atomic mass is 9.92. The van der Waals surface area contributed by atoms with Crippen molar-refractivity contribution in [3.05, 3.63) is 46.8 Å². The van der Waals surface area contributed by atoms with Crippen LogP contribution >= 0.6 is 0 Å². The summed E-state index contributed by atoms with van der Waals surface area (Å²) in [5.41, 5.74) is 4.01. The van der Waals surface area contributed by atoms with E-state index in [0.29, 0.717) is 6.42 Å². The molecule has 1 aliphatic carbocycles. The number of methoxy groups -OCH3 is 1. The second-order valence-corrected chi connectivity index (χ2v) is 5.19. The van der Waals surface area contributed by atoms with Crippen LogP contribution in [0.15, 0.2) is 24.3 Å². The Labute approximate surface area is 118 Å². The van der Waals surface area contributed by atoms with Crippen LogP contribution in [0.4, 0.5) is 0 Å². The maximum atomic E-state index is 12.1. The largest absolute Gasteiger partial charge is 0.497 e. The number of benzene rings is 1. The number of aromatic nitrogens is 2. The van der Waals surface area contributed by atoms with Crippen molar-refractivity contribution >= 4 is 5.78 Å². The summed E-state index contributed by atoms with van der Waals surface area (Å²) in [6.07, 6.45) is 3.21. The van der Waals surface area contributed by atoms with Crippen molar-refractivity contribution in [2.24, 2.45) is 7.05 Å². The monoisotopic (exact) mass is 270 g/mol. The summed E-state index contributed by atoms with van der Waals surface area (Å²) in [7, 11) is 3.58. The van der Waals surface area contributed by atoms with Crippen LogP contribution in [-0.4, -0.2) is 22.7 Å². The fraction of sp³-hybridized carbons (Fsp3) is 0.375. The van der Waals surface area contributed by atoms with Crippen LogP contribution in [0.2, 0.25) is 0 Å². The highest BCUT2D eigenvalue weighted by atomic mass is 16.5. The first-order valence-corrected chi connectivity index (χ1v) is 6.90. The first-order chi connectivity index (χ1) is 9.69. The zero-order valence-electron chi connectivity index (χ0n) is 11.8. The van der Waals surface area contributed by atoms with Gasteiger partial charge >= 0.3 is 0 Å². The molecular formula is C16H18N2O2. The van der Waals surface area contributed by atoms with Crippen molar-refractivity contribution in [1.29, 1.82) is 0 Å². The standard InChI is InChI=1S/C16H18N2O2/c1-18-14(10-11-6-8-12(20-2)9-7-11)16-13(17-18)4-3-5-15(16)19/h6-9H,3-5,10H2,1-2H3. The van der Waals surface area contributed by atoms with Gasteiger partial charge in [0.1, 0.15) is 5.75 Å². The van der Waals surface area contributed by atoms with Crippen molar-refractivity contribution < 1.29 is 9.53 Å². The van der Waals surface area contributed by atoms with Gasteiger partial charge in [-0.15, -0.1) is 0 Å². The van der Waals surface area contributed by atoms with E-state index >= 15 is 0 Å². The molecule has 0 fully saturated rings. The summed E-state index contributed by atoms with van der Waals surface area (Å²) in [5.74, 6) is 1.08. The third kappa shape index (κ3) is 2.22. The highest BCUT2D eigenvalue weighted by Crippen LogP contribution is 2.26. The van der Waals surface area contributed by atoms with Gasteiger partial charge in [0.2, 0.25) is 0 Å². The summed E-state index contributed by atoms with van der Waals surface area (Å²) >= 11 is 0. The van der Waals surface area contributed by atoms with Crippen molar-refractivity contribution in [2.75, 3.05) is 7.11 Å². The Morgan fingerprint density at radius 1 is 1.25 bits per heavy atom. The Hall–Kier alpha value is -2.10. The molecule has 1 heterocycles. The Bertz CT molecular complexity index is 641. The lowest BCUT2D eigenvalue weighted by Gasteiger charge is -2.10. The molecule has 1 aromatic heterocycles. The summed E-state index contributed by atoms with van der Waals surface area (Å²) < 4.78 is 7.02. The molecule has 1 aromatic carbocycles. The Balaban J connectivity index is 1.94. The van der Waals surface area contributed by atoms with Crippen LogP contribution in [0, 0.1) is 0 Å². The number of ether oxygens (including phenoxy) is 1. The molecule has 2 aromatic rings. The quantitative estimate of drug-likeness (QED) is 0.861. The number of carbonyl (C=O) groups excluding carboxylic acids is 1. The SMILES string of the molecule is COc1ccc(Cc2c3c(nn2C)CCCC3=O)cc1. The van der Waals surface area contributed by atoms with Gasteiger partial charge in [0, 0.05) is 19.9 Å². The zero-order valence-corrected chi connectivity index (χ0v) is 11.8. The van der Waals surface area contributed by atoms with Crippen LogP contribution in [0.1, 0.15) is 40.2 Å². The van der Waals surface area contributed by atoms with E-state index in [4.69, 9.17) is 4.74 Å². The van der Waals surface area contributed by atoms with Gasteiger partial charge in [-0.25, -0.2) is 0 Å². The Morgan fingerprint density at radius 2 is 2.00 bits per heavy atom. The van der Waals surface area contributed by atoms with Gasteiger partial charge in [-0.2, -0.15) is 5.10 Å². The number of hydrogen-bond acceptors (Lipinski definition) is 3. The topological polar surface area (TPSA) is 44.1 Å². The molecule has 0 unspecified atom stereocenters. The van der Waals surface area contributed by atoms with Crippen LogP contribution in [0.25, 0.3) is 0 Å². The van der Waals surface area contributed by atoms with E-state index in [9.17, 15) is 4.79 Å². The lowest BCUT2D eigenvalue weighted by molar-refractivity contribution is 0.0971. The van der Waals surface area contributed by atoms with E-state index in [-0.39, 0.29) is 5.78 Å². The number of ketones is 1. The average molecular weight is 270 g/mol. The smallest absolute Gasteiger partial charge is 0.166 e. The number of carbonyl (C=O) groups is 1. The Kier molecular flexibility index (Phi) is 3.30. The van der Waals surface area contributed by atoms with E-state index in [1.54, 1.807) is 7.11 Å². The number of hydrogen-bond donors (Lipinski definition) is 0. The highest BCUT2D eigenvalue weighted by molar-refractivity contribution is 5.99. The van der Waals surface area contributed by atoms with Crippen LogP contribution in [0.5, 0.6) is 5.75 Å². The predicted octanol–water partition coefficient (Wildman–Crippen LogP) is 2.54. The third-order valence-electron chi connectivity index (χ3n) is 3.87. The molecule has 0 N–H and O–H groups in total. The lowest BCUT2D eigenvalue weighted by Crippen LogP contribution is -2.11. The van der Waals surface area contributed by atoms with E-state index in [1.165, 1.54) is 0 Å². The molecule has 1 aliphatic rings. The van der Waals surface area contributed by atoms with Crippen LogP contribution < -0.4 is 4.74 Å². The molecule has 0 amide bonds. The molecule has 0 aliphatic heterocycles. The summed E-state index contributed by atoms with van der Waals surface area (Å²) in [6.45, 7) is 0. The number of aryl methyl sites for hydroxylation is 2. The molecule has 0 saturated heterocycles. The molecule has 104 valence electrons. The fourth-order valence-electron chi connectivity index (χ4n) is 2.80. The van der Waals surface area contributed by atoms with E-state index in [0.717, 1.165) is 47.5 Å². The van der Waals surface area contributed by atoms with Crippen molar-refractivity contribution in [2.45, 2.75) is 25.7 Å². The average Bonchev–Trinajstić information content (AvgIpc) is 2.77. The van der Waals surface area contributed by atoms with Gasteiger partial charge in [0.15, 0.2) is 5.78 Å². The van der Waals surface area contributed by atoms with Gasteiger partial charge in [-0.1, -0.05) is 12.1 Å². The second kappa shape index (κ2) is 5.12. The number of nitrogens with zero attached hydrogens (tertiary/aromatic N) is 2. The first kappa shape index (κ1) is 12.9. The Morgan fingerprint density at radius 3 is 2.70 bits per heavy atom. The van der Waals surface area contributed by atoms with Gasteiger partial charge in [0.05, 0.1) is 24.1 Å². The molecule has 4 heteroatoms. The minimum atomic E-state index is 0.239. The molecule has 0 saturated carbocycles. The third-order valence-corrected chi connectivity index (χ3v) is 3.87. The summed E-state index contributed by atoms with van der Waals surface area (Å²) in [5, 5.41) is 4.50. The molecular weight excluding hydrogens is 252 g/mol. The normalized spacial score (nSPS) is 14.2. The fourth-order valence-corrected chi connectivity index (χ4v) is 2.80. The molecule has 0 spiro atoms. The van der Waals surface area contributed by atoms with Crippen molar-refractivity contribution in [3.63, 3.8) is 0 Å². The van der Waals surface area contributed by atoms with Gasteiger partial charge in [-0.3, -0.25) is 9.48 Å². The summed E-state index contributed by atoms with van der Waals surface area (Å²) in [4.78, 5) is 12.1. The van der Waals surface area contributed by atoms with Crippen LogP contribution in [-0.2, 0) is 19.9 Å². The molecule has 4 nitrogen and oxygen atoms in total. The van der Waals surface area contributed by atoms with Crippen molar-refractivity contribution in [3.8, 4) is 5.75 Å². The highest BCUT2D eigenvalue weighted by Gasteiger charge is 2.25. The second-order valence-electron chi connectivity index (χ2n) is 5.19. The summed E-state index contributed by atoms with van der Waals surface area (Å²) in [6, 6.07) is 7.96. The molecule has 3 rings (SSSR count). The molecule has 0 atom stereocenters. The van der Waals surface area contributed by atoms with Gasteiger partial charge < -0.3 is 4.74 Å². The van der Waals surface area contributed by atoms with E-state index in [2.05, 4.69) is 5.10 Å². The number of Topliss-reactive ketones (excluding diaryl/α,β-unsaturated/α-hetero) is 1. The van der Waals surface area contributed by atoms with E-state index in [1.807, 2.05) is 36.0 Å². The molecule has 0 bridgehead atoms. The minimum absolute atomic E-state index is 0.239. The first-order valence-electron chi connectivity index (χ1n) is 6.90. The van der Waals surface area contributed by atoms with Crippen LogP contribution in [0.3, 0.4) is 0 Å². The maximum Gasteiger partial charge on any atom is 0.166 e. The maximum absolute atomic E-state index is 12.1. The number of rotatable bonds is 3. The minimum Gasteiger partial charge on any atom is -0.497 e. The molecule has 20 heavy (non-hydrogen) atoms. The number of fused-ring (bicyclic) bond motifs is 1.